The molecule has 0 saturated carbocycles. The largest absolute Gasteiger partial charge is 0.322 e. The van der Waals surface area contributed by atoms with Crippen molar-refractivity contribution in [3.63, 3.8) is 0 Å². The van der Waals surface area contributed by atoms with Gasteiger partial charge in [0, 0.05) is 17.4 Å². The Morgan fingerprint density at radius 1 is 1.00 bits per heavy atom. The third kappa shape index (κ3) is 4.26. The lowest BCUT2D eigenvalue weighted by Crippen LogP contribution is -2.14. The minimum Gasteiger partial charge on any atom is -0.322 e. The first-order valence-corrected chi connectivity index (χ1v) is 7.98. The molecule has 2 aromatic carbocycles. The smallest absolute Gasteiger partial charge is 0.258 e. The molecule has 0 fully saturated rings. The molecule has 0 radical (unpaired) electrons. The third-order valence-corrected chi connectivity index (χ3v) is 3.23. The zero-order chi connectivity index (χ0) is 16.3. The third-order valence-electron chi connectivity index (χ3n) is 2.62. The summed E-state index contributed by atoms with van der Waals surface area (Å²) in [4.78, 5) is 11.9. The van der Waals surface area contributed by atoms with E-state index in [2.05, 4.69) is 10.0 Å². The number of anilines is 2. The molecule has 2 aromatic rings. The molecule has 22 heavy (non-hydrogen) atoms. The van der Waals surface area contributed by atoms with Crippen molar-refractivity contribution in [2.45, 2.75) is 0 Å². The topological polar surface area (TPSA) is 75.3 Å². The molecule has 0 aromatic heterocycles. The van der Waals surface area contributed by atoms with Crippen molar-refractivity contribution in [3.8, 4) is 0 Å². The van der Waals surface area contributed by atoms with E-state index < -0.39 is 27.6 Å². The molecule has 0 spiro atoms. The lowest BCUT2D eigenvalue weighted by molar-refractivity contribution is 0.102. The van der Waals surface area contributed by atoms with E-state index in [1.807, 2.05) is 0 Å². The van der Waals surface area contributed by atoms with Gasteiger partial charge in [0.25, 0.3) is 5.91 Å². The zero-order valence-corrected chi connectivity index (χ0v) is 12.2. The molecule has 0 bridgehead atoms. The summed E-state index contributed by atoms with van der Waals surface area (Å²) in [7, 11) is -3.39. The average molecular weight is 326 g/mol. The number of hydrogen-bond donors (Lipinski definition) is 2. The van der Waals surface area contributed by atoms with Crippen molar-refractivity contribution in [3.05, 3.63) is 59.7 Å². The molecule has 1 amide bonds. The van der Waals surface area contributed by atoms with Crippen LogP contribution in [-0.2, 0) is 10.0 Å². The second-order valence-electron chi connectivity index (χ2n) is 4.53. The minimum atomic E-state index is -3.39. The second-order valence-corrected chi connectivity index (χ2v) is 6.28. The average Bonchev–Trinajstić information content (AvgIpc) is 2.39. The number of benzene rings is 2. The lowest BCUT2D eigenvalue weighted by Gasteiger charge is -2.08. The van der Waals surface area contributed by atoms with Crippen LogP contribution in [0.4, 0.5) is 20.2 Å². The number of amides is 1. The predicted molar refractivity (Wildman–Crippen MR) is 79.2 cm³/mol. The summed E-state index contributed by atoms with van der Waals surface area (Å²) in [5, 5.41) is 2.43. The fourth-order valence-electron chi connectivity index (χ4n) is 1.71. The Morgan fingerprint density at radius 3 is 2.14 bits per heavy atom. The van der Waals surface area contributed by atoms with Crippen molar-refractivity contribution in [2.24, 2.45) is 0 Å². The highest BCUT2D eigenvalue weighted by Crippen LogP contribution is 2.16. The number of halogens is 2. The molecule has 116 valence electrons. The van der Waals surface area contributed by atoms with E-state index >= 15 is 0 Å². The summed E-state index contributed by atoms with van der Waals surface area (Å²) >= 11 is 0. The normalized spacial score (nSPS) is 11.0. The lowest BCUT2D eigenvalue weighted by atomic mass is 10.2. The first kappa shape index (κ1) is 15.9. The molecule has 8 heteroatoms. The second kappa shape index (κ2) is 6.10. The van der Waals surface area contributed by atoms with Crippen LogP contribution >= 0.6 is 0 Å². The van der Waals surface area contributed by atoms with Gasteiger partial charge in [-0.1, -0.05) is 0 Å². The Kier molecular flexibility index (Phi) is 4.41. The molecule has 0 atom stereocenters. The molecule has 0 aliphatic heterocycles. The Morgan fingerprint density at radius 2 is 1.59 bits per heavy atom. The molecular formula is C14H12F2N2O3S. The SMILES string of the molecule is CS(=O)(=O)Nc1ccc(NC(=O)c2ccc(F)cc2F)cc1. The van der Waals surface area contributed by atoms with Crippen molar-refractivity contribution in [2.75, 3.05) is 16.3 Å². The molecule has 0 heterocycles. The van der Waals surface area contributed by atoms with Gasteiger partial charge < -0.3 is 5.32 Å². The molecule has 2 N–H and O–H groups in total. The number of rotatable bonds is 4. The molecule has 0 saturated heterocycles. The van der Waals surface area contributed by atoms with Crippen LogP contribution in [0, 0.1) is 11.6 Å². The molecular weight excluding hydrogens is 314 g/mol. The summed E-state index contributed by atoms with van der Waals surface area (Å²) < 4.78 is 50.7. The van der Waals surface area contributed by atoms with Crippen LogP contribution in [0.1, 0.15) is 10.4 Å². The van der Waals surface area contributed by atoms with Crippen LogP contribution in [0.15, 0.2) is 42.5 Å². The van der Waals surface area contributed by atoms with Gasteiger partial charge in [-0.2, -0.15) is 0 Å². The van der Waals surface area contributed by atoms with Gasteiger partial charge in [0.2, 0.25) is 10.0 Å². The monoisotopic (exact) mass is 326 g/mol. The highest BCUT2D eigenvalue weighted by atomic mass is 32.2. The minimum absolute atomic E-state index is 0.292. The number of sulfonamides is 1. The van der Waals surface area contributed by atoms with E-state index in [0.29, 0.717) is 17.4 Å². The summed E-state index contributed by atoms with van der Waals surface area (Å²) in [6, 6.07) is 8.43. The Labute approximate surface area is 126 Å². The van der Waals surface area contributed by atoms with Gasteiger partial charge in [0.1, 0.15) is 11.6 Å². The molecule has 2 rings (SSSR count). The Hall–Kier alpha value is -2.48. The summed E-state index contributed by atoms with van der Waals surface area (Å²) in [5.74, 6) is -2.47. The van der Waals surface area contributed by atoms with Gasteiger partial charge in [0.15, 0.2) is 0 Å². The maximum atomic E-state index is 13.5. The van der Waals surface area contributed by atoms with Gasteiger partial charge in [-0.3, -0.25) is 9.52 Å². The van der Waals surface area contributed by atoms with Crippen LogP contribution in [0.2, 0.25) is 0 Å². The van der Waals surface area contributed by atoms with E-state index in [1.54, 1.807) is 0 Å². The Balaban J connectivity index is 2.12. The van der Waals surface area contributed by atoms with Gasteiger partial charge >= 0.3 is 0 Å². The first-order chi connectivity index (χ1) is 10.2. The standard InChI is InChI=1S/C14H12F2N2O3S/c1-22(20,21)18-11-5-3-10(4-6-11)17-14(19)12-7-2-9(15)8-13(12)16/h2-8,18H,1H3,(H,17,19). The van der Waals surface area contributed by atoms with E-state index in [0.717, 1.165) is 18.4 Å². The quantitative estimate of drug-likeness (QED) is 0.907. The summed E-state index contributed by atoms with van der Waals surface area (Å²) in [6.07, 6.45) is 1.01. The van der Waals surface area contributed by atoms with Crippen molar-refractivity contribution in [1.29, 1.82) is 0 Å². The van der Waals surface area contributed by atoms with Gasteiger partial charge in [0.05, 0.1) is 11.8 Å². The maximum absolute atomic E-state index is 13.5. The number of carbonyl (C=O) groups excluding carboxylic acids is 1. The van der Waals surface area contributed by atoms with Crippen molar-refractivity contribution in [1.82, 2.24) is 0 Å². The van der Waals surface area contributed by atoms with E-state index in [1.165, 1.54) is 24.3 Å². The predicted octanol–water partition coefficient (Wildman–Crippen LogP) is 2.59. The van der Waals surface area contributed by atoms with Gasteiger partial charge in [-0.25, -0.2) is 17.2 Å². The van der Waals surface area contributed by atoms with Gasteiger partial charge in [-0.05, 0) is 36.4 Å². The van der Waals surface area contributed by atoms with Crippen LogP contribution in [-0.4, -0.2) is 20.6 Å². The zero-order valence-electron chi connectivity index (χ0n) is 11.4. The highest BCUT2D eigenvalue weighted by molar-refractivity contribution is 7.92. The van der Waals surface area contributed by atoms with Crippen molar-refractivity contribution < 1.29 is 22.0 Å². The Bertz CT molecular complexity index is 805. The number of hydrogen-bond acceptors (Lipinski definition) is 3. The maximum Gasteiger partial charge on any atom is 0.258 e. The molecule has 5 nitrogen and oxygen atoms in total. The fourth-order valence-corrected chi connectivity index (χ4v) is 2.27. The van der Waals surface area contributed by atoms with Crippen LogP contribution in [0.5, 0.6) is 0 Å². The highest BCUT2D eigenvalue weighted by Gasteiger charge is 2.12. The summed E-state index contributed by atoms with van der Waals surface area (Å²) in [6.45, 7) is 0. The van der Waals surface area contributed by atoms with E-state index in [9.17, 15) is 22.0 Å². The van der Waals surface area contributed by atoms with E-state index in [4.69, 9.17) is 0 Å². The number of carbonyl (C=O) groups is 1. The van der Waals surface area contributed by atoms with Crippen LogP contribution in [0.3, 0.4) is 0 Å². The summed E-state index contributed by atoms with van der Waals surface area (Å²) in [5.41, 5.74) is 0.376. The van der Waals surface area contributed by atoms with E-state index in [-0.39, 0.29) is 5.56 Å². The molecule has 0 aliphatic rings. The first-order valence-electron chi connectivity index (χ1n) is 6.09. The van der Waals surface area contributed by atoms with Crippen LogP contribution < -0.4 is 10.0 Å². The fraction of sp³-hybridized carbons (Fsp3) is 0.0714. The van der Waals surface area contributed by atoms with Crippen molar-refractivity contribution >= 4 is 27.3 Å². The van der Waals surface area contributed by atoms with Gasteiger partial charge in [-0.15, -0.1) is 0 Å². The molecule has 0 unspecified atom stereocenters. The number of nitrogens with one attached hydrogen (secondary N) is 2. The molecule has 0 aliphatic carbocycles. The van der Waals surface area contributed by atoms with Crippen LogP contribution in [0.25, 0.3) is 0 Å².